The molecule has 0 heterocycles. The van der Waals surface area contributed by atoms with Gasteiger partial charge in [0.2, 0.25) is 0 Å². The largest absolute Gasteiger partial charge is 0.356 e. The van der Waals surface area contributed by atoms with E-state index in [1.165, 1.54) is 6.04 Å². The summed E-state index contributed by atoms with van der Waals surface area (Å²) in [6, 6.07) is 1.19. The summed E-state index contributed by atoms with van der Waals surface area (Å²) < 4.78 is 11.4. The van der Waals surface area contributed by atoms with E-state index in [0.29, 0.717) is 12.7 Å². The summed E-state index contributed by atoms with van der Waals surface area (Å²) in [6.07, 6.45) is 1.11. The Morgan fingerprint density at radius 3 is 2.39 bits per heavy atom. The van der Waals surface area contributed by atoms with Crippen molar-refractivity contribution in [3.05, 3.63) is 12.2 Å². The van der Waals surface area contributed by atoms with Crippen LogP contribution in [0.4, 0.5) is 0 Å². The molecule has 0 aromatic heterocycles. The van der Waals surface area contributed by atoms with E-state index in [-0.39, 0.29) is 6.10 Å². The van der Waals surface area contributed by atoms with Gasteiger partial charge in [-0.25, -0.2) is 0 Å². The van der Waals surface area contributed by atoms with Crippen LogP contribution in [-0.2, 0) is 9.47 Å². The average molecular weight is 337 g/mol. The first-order valence-corrected chi connectivity index (χ1v) is 11.5. The highest BCUT2D eigenvalue weighted by atomic mass is 79.9. The Hall–Kier alpha value is 0.357. The molecule has 0 aromatic rings. The van der Waals surface area contributed by atoms with Gasteiger partial charge in [-0.3, -0.25) is 0 Å². The summed E-state index contributed by atoms with van der Waals surface area (Å²) in [6.45, 7) is 16.5. The van der Waals surface area contributed by atoms with Crippen LogP contribution in [0, 0.1) is 5.92 Å². The molecule has 18 heavy (non-hydrogen) atoms. The zero-order valence-corrected chi connectivity index (χ0v) is 15.2. The summed E-state index contributed by atoms with van der Waals surface area (Å²) in [4.78, 5) is 0. The van der Waals surface area contributed by atoms with Crippen molar-refractivity contribution in [1.82, 2.24) is 0 Å². The van der Waals surface area contributed by atoms with Crippen molar-refractivity contribution < 1.29 is 9.47 Å². The molecule has 2 nitrogen and oxygen atoms in total. The Kier molecular flexibility index (Phi) is 9.47. The topological polar surface area (TPSA) is 18.5 Å². The summed E-state index contributed by atoms with van der Waals surface area (Å²) in [5, 5.41) is 0.944. The van der Waals surface area contributed by atoms with Crippen LogP contribution in [0.1, 0.15) is 20.3 Å². The van der Waals surface area contributed by atoms with E-state index in [0.717, 1.165) is 23.9 Å². The third-order valence-electron chi connectivity index (χ3n) is 2.79. The molecule has 0 aliphatic rings. The molecule has 0 N–H and O–H groups in total. The molecule has 108 valence electrons. The molecule has 4 heteroatoms. The predicted octanol–water partition coefficient (Wildman–Crippen LogP) is 4.68. The lowest BCUT2D eigenvalue weighted by molar-refractivity contribution is -0.0982. The van der Waals surface area contributed by atoms with Crippen LogP contribution in [0.25, 0.3) is 0 Å². The molecule has 0 fully saturated rings. The third-order valence-corrected chi connectivity index (χ3v) is 5.51. The van der Waals surface area contributed by atoms with Crippen molar-refractivity contribution in [3.63, 3.8) is 0 Å². The van der Waals surface area contributed by atoms with E-state index in [1.807, 2.05) is 6.92 Å². The monoisotopic (exact) mass is 336 g/mol. The Labute approximate surface area is 122 Å². The number of rotatable bonds is 10. The van der Waals surface area contributed by atoms with Gasteiger partial charge in [-0.15, -0.1) is 6.58 Å². The van der Waals surface area contributed by atoms with E-state index in [1.54, 1.807) is 0 Å². The smallest absolute Gasteiger partial charge is 0.147 e. The molecule has 0 saturated heterocycles. The normalized spacial score (nSPS) is 15.4. The van der Waals surface area contributed by atoms with Crippen molar-refractivity contribution in [2.45, 2.75) is 52.1 Å². The van der Waals surface area contributed by atoms with E-state index in [4.69, 9.17) is 9.47 Å². The van der Waals surface area contributed by atoms with E-state index < -0.39 is 8.07 Å². The molecule has 0 aromatic carbocycles. The molecule has 0 amide bonds. The minimum atomic E-state index is -0.991. The standard InChI is InChI=1S/C14H29BrO2Si/c1-12(2)9-14(13(3)10-15)17-11-16-7-8-18(4,5)6/h13-14H,1,7-11H2,2-6H3/t13-,14+/m1/s1. The minimum Gasteiger partial charge on any atom is -0.356 e. The number of hydrogen-bond donors (Lipinski definition) is 0. The second-order valence-electron chi connectivity index (χ2n) is 6.33. The Balaban J connectivity index is 3.86. The van der Waals surface area contributed by atoms with Crippen molar-refractivity contribution in [1.29, 1.82) is 0 Å². The summed E-state index contributed by atoms with van der Waals surface area (Å²) >= 11 is 3.51. The maximum Gasteiger partial charge on any atom is 0.147 e. The van der Waals surface area contributed by atoms with Crippen molar-refractivity contribution in [2.75, 3.05) is 18.7 Å². The van der Waals surface area contributed by atoms with E-state index in [9.17, 15) is 0 Å². The summed E-state index contributed by atoms with van der Waals surface area (Å²) in [5.74, 6) is 0.474. The lowest BCUT2D eigenvalue weighted by atomic mass is 10.0. The maximum absolute atomic E-state index is 5.82. The van der Waals surface area contributed by atoms with Crippen LogP contribution in [0.15, 0.2) is 12.2 Å². The first-order valence-electron chi connectivity index (χ1n) is 6.66. The highest BCUT2D eigenvalue weighted by molar-refractivity contribution is 9.09. The zero-order valence-electron chi connectivity index (χ0n) is 12.6. The fourth-order valence-corrected chi connectivity index (χ4v) is 2.61. The van der Waals surface area contributed by atoms with Gasteiger partial charge in [-0.2, -0.15) is 0 Å². The van der Waals surface area contributed by atoms with Crippen molar-refractivity contribution in [2.24, 2.45) is 5.92 Å². The Bertz CT molecular complexity index is 238. The van der Waals surface area contributed by atoms with Gasteiger partial charge in [0.15, 0.2) is 0 Å². The van der Waals surface area contributed by atoms with Gasteiger partial charge in [0.1, 0.15) is 6.79 Å². The van der Waals surface area contributed by atoms with Gasteiger partial charge >= 0.3 is 0 Å². The molecule has 0 spiro atoms. The fourth-order valence-electron chi connectivity index (χ4n) is 1.44. The molecule has 2 atom stereocenters. The van der Waals surface area contributed by atoms with Crippen LogP contribution < -0.4 is 0 Å². The van der Waals surface area contributed by atoms with Gasteiger partial charge in [-0.1, -0.05) is 48.1 Å². The molecule has 0 radical (unpaired) electrons. The molecule has 0 unspecified atom stereocenters. The van der Waals surface area contributed by atoms with Crippen LogP contribution in [0.5, 0.6) is 0 Å². The number of hydrogen-bond acceptors (Lipinski definition) is 2. The molecule has 0 saturated carbocycles. The summed E-state index contributed by atoms with van der Waals surface area (Å²) in [5.41, 5.74) is 1.16. The average Bonchev–Trinajstić information content (AvgIpc) is 2.24. The Morgan fingerprint density at radius 1 is 1.33 bits per heavy atom. The maximum atomic E-state index is 5.82. The van der Waals surface area contributed by atoms with Crippen LogP contribution in [-0.4, -0.2) is 32.9 Å². The Morgan fingerprint density at radius 2 is 1.94 bits per heavy atom. The minimum absolute atomic E-state index is 0.203. The first kappa shape index (κ1) is 18.4. The van der Waals surface area contributed by atoms with Gasteiger partial charge in [0, 0.05) is 20.0 Å². The highest BCUT2D eigenvalue weighted by Crippen LogP contribution is 2.18. The molecule has 0 rings (SSSR count). The molecular formula is C14H29BrO2Si. The van der Waals surface area contributed by atoms with E-state index >= 15 is 0 Å². The lowest BCUT2D eigenvalue weighted by Gasteiger charge is -2.23. The van der Waals surface area contributed by atoms with Crippen LogP contribution >= 0.6 is 15.9 Å². The lowest BCUT2D eigenvalue weighted by Crippen LogP contribution is -2.26. The quantitative estimate of drug-likeness (QED) is 0.189. The summed E-state index contributed by atoms with van der Waals surface area (Å²) in [7, 11) is -0.991. The van der Waals surface area contributed by atoms with Crippen LogP contribution in [0.3, 0.4) is 0 Å². The van der Waals surface area contributed by atoms with Gasteiger partial charge in [0.25, 0.3) is 0 Å². The van der Waals surface area contributed by atoms with Crippen LogP contribution in [0.2, 0.25) is 25.7 Å². The zero-order chi connectivity index (χ0) is 14.2. The SMILES string of the molecule is C=C(C)C[C@H](OCOCC[Si](C)(C)C)[C@H](C)CBr. The molecule has 0 bridgehead atoms. The van der Waals surface area contributed by atoms with Crippen molar-refractivity contribution in [3.8, 4) is 0 Å². The van der Waals surface area contributed by atoms with Gasteiger partial charge in [-0.05, 0) is 25.3 Å². The molecule has 0 aliphatic carbocycles. The van der Waals surface area contributed by atoms with Gasteiger partial charge in [0.05, 0.1) is 6.10 Å². The molecular weight excluding hydrogens is 308 g/mol. The number of alkyl halides is 1. The van der Waals surface area contributed by atoms with Crippen molar-refractivity contribution >= 4 is 24.0 Å². The van der Waals surface area contributed by atoms with E-state index in [2.05, 4.69) is 49.1 Å². The van der Waals surface area contributed by atoms with Gasteiger partial charge < -0.3 is 9.47 Å². The number of ether oxygens (including phenoxy) is 2. The third kappa shape index (κ3) is 10.3. The molecule has 0 aliphatic heterocycles. The predicted molar refractivity (Wildman–Crippen MR) is 86.2 cm³/mol. The highest BCUT2D eigenvalue weighted by Gasteiger charge is 2.17. The second kappa shape index (κ2) is 9.29. The second-order valence-corrected chi connectivity index (χ2v) is 12.6. The fraction of sp³-hybridized carbons (Fsp3) is 0.857. The number of halogens is 1. The first-order chi connectivity index (χ1) is 8.26.